The van der Waals surface area contributed by atoms with Gasteiger partial charge in [-0.1, -0.05) is 13.8 Å². The molecule has 1 aliphatic heterocycles. The van der Waals surface area contributed by atoms with Crippen molar-refractivity contribution in [1.29, 1.82) is 0 Å². The smallest absolute Gasteiger partial charge is 0.344 e. The maximum atomic E-state index is 11.0. The Balaban J connectivity index is -0.000000218. The second kappa shape index (κ2) is 45.3. The fourth-order valence-electron chi connectivity index (χ4n) is 3.16. The van der Waals surface area contributed by atoms with Gasteiger partial charge in [0.15, 0.2) is 0 Å². The molecule has 2 aromatic rings. The molecule has 0 saturated carbocycles. The van der Waals surface area contributed by atoms with Gasteiger partial charge >= 0.3 is 46.8 Å². The average molecular weight is 1080 g/mol. The molecule has 0 unspecified atom stereocenters. The average Bonchev–Trinajstić information content (AvgIpc) is 3.22. The molecule has 0 radical (unpaired) electrons. The number of nitrogens with one attached hydrogen (secondary N) is 3. The number of aromatic nitrogens is 4. The number of aromatic amines is 1. The van der Waals surface area contributed by atoms with Crippen molar-refractivity contribution in [3.05, 3.63) is 75.3 Å². The first-order chi connectivity index (χ1) is 29.7. The van der Waals surface area contributed by atoms with Gasteiger partial charge in [0.2, 0.25) is 5.28 Å². The van der Waals surface area contributed by atoms with E-state index in [0.717, 1.165) is 6.42 Å². The van der Waals surface area contributed by atoms with Crippen LogP contribution in [0.1, 0.15) is 95.4 Å². The van der Waals surface area contributed by atoms with Crippen LogP contribution >= 0.6 is 67.5 Å². The SMILES string of the molecule is Br.CCCC(=O)OCC.CCO.CCOC(=O)/C(=C\OC)CC.CCOC(=O)C1=CNC(=O)NC1.CCOC(=O)c1cnc(=O)[nH]c1.CCOC(=O)c1cnc(Cl)nc1.O=P(Cl)(Cl)Cl. The molecule has 0 spiro atoms. The number of aliphatic hydroxyl groups is 1. The summed E-state index contributed by atoms with van der Waals surface area (Å²) < 4.78 is 37.7. The molecule has 0 aromatic carbocycles. The first-order valence-electron chi connectivity index (χ1n) is 18.8. The number of hydrogen-bond donors (Lipinski definition) is 4. The fourth-order valence-corrected chi connectivity index (χ4v) is 3.26. The topological polar surface area (TPSA) is 291 Å². The minimum atomic E-state index is -3.22. The Morgan fingerprint density at radius 2 is 1.22 bits per heavy atom. The summed E-state index contributed by atoms with van der Waals surface area (Å²) >= 11 is 19.3. The van der Waals surface area contributed by atoms with E-state index in [-0.39, 0.29) is 58.9 Å². The van der Waals surface area contributed by atoms with Crippen molar-refractivity contribution in [2.75, 3.05) is 53.3 Å². The van der Waals surface area contributed by atoms with Crippen molar-refractivity contribution < 1.29 is 66.9 Å². The molecule has 3 rings (SSSR count). The molecular formula is C37H58BrCl4N6O15P. The van der Waals surface area contributed by atoms with Crippen LogP contribution in [0.25, 0.3) is 0 Å². The second-order valence-electron chi connectivity index (χ2n) is 10.4. The van der Waals surface area contributed by atoms with Gasteiger partial charge in [-0.15, -0.1) is 17.0 Å². The van der Waals surface area contributed by atoms with Crippen LogP contribution in [-0.2, 0) is 47.4 Å². The van der Waals surface area contributed by atoms with Crippen molar-refractivity contribution in [3.8, 4) is 0 Å². The quantitative estimate of drug-likeness (QED) is 0.0384. The van der Waals surface area contributed by atoms with E-state index in [2.05, 4.69) is 73.8 Å². The van der Waals surface area contributed by atoms with Crippen LogP contribution in [0.3, 0.4) is 0 Å². The van der Waals surface area contributed by atoms with Gasteiger partial charge in [0.1, 0.15) is 0 Å². The number of amides is 2. The second-order valence-corrected chi connectivity index (χ2v) is 17.4. The van der Waals surface area contributed by atoms with Crippen LogP contribution in [0.15, 0.2) is 53.2 Å². The van der Waals surface area contributed by atoms with Gasteiger partial charge in [-0.25, -0.2) is 43.7 Å². The largest absolute Gasteiger partial charge is 0.504 e. The monoisotopic (exact) mass is 1080 g/mol. The molecule has 1 aliphatic rings. The summed E-state index contributed by atoms with van der Waals surface area (Å²) in [6, 6.07) is -0.303. The molecule has 64 heavy (non-hydrogen) atoms. The van der Waals surface area contributed by atoms with E-state index in [1.807, 2.05) is 20.8 Å². The van der Waals surface area contributed by atoms with Crippen LogP contribution in [0.4, 0.5) is 4.79 Å². The third-order valence-corrected chi connectivity index (χ3v) is 5.80. The predicted octanol–water partition coefficient (Wildman–Crippen LogP) is 7.23. The van der Waals surface area contributed by atoms with Crippen LogP contribution in [-0.4, -0.2) is 114 Å². The van der Waals surface area contributed by atoms with E-state index < -0.39 is 28.8 Å². The molecule has 2 aromatic heterocycles. The maximum Gasteiger partial charge on any atom is 0.344 e. The summed E-state index contributed by atoms with van der Waals surface area (Å²) in [7, 11) is 1.51. The molecular weight excluding hydrogens is 1020 g/mol. The van der Waals surface area contributed by atoms with E-state index in [4.69, 9.17) is 35.7 Å². The Bertz CT molecular complexity index is 1750. The summed E-state index contributed by atoms with van der Waals surface area (Å²) in [5, 5.41) is 9.27. The summed E-state index contributed by atoms with van der Waals surface area (Å²) in [5.74, 6) is -1.70. The maximum absolute atomic E-state index is 11.0. The minimum absolute atomic E-state index is 0. The van der Waals surface area contributed by atoms with Gasteiger partial charge in [-0.2, -0.15) is 0 Å². The fraction of sp³-hybridized carbons (Fsp3) is 0.514. The number of H-pyrrole nitrogens is 1. The van der Waals surface area contributed by atoms with Gasteiger partial charge in [-0.05, 0) is 99.7 Å². The van der Waals surface area contributed by atoms with E-state index in [1.54, 1.807) is 34.6 Å². The zero-order chi connectivity index (χ0) is 49.2. The molecule has 27 heteroatoms. The first-order valence-corrected chi connectivity index (χ1v) is 23.6. The minimum Gasteiger partial charge on any atom is -0.504 e. The highest BCUT2D eigenvalue weighted by Gasteiger charge is 2.15. The van der Waals surface area contributed by atoms with Gasteiger partial charge in [0, 0.05) is 44.0 Å². The molecule has 2 amide bonds. The highest BCUT2D eigenvalue weighted by Crippen LogP contribution is 2.61. The van der Waals surface area contributed by atoms with Crippen LogP contribution in [0, 0.1) is 0 Å². The van der Waals surface area contributed by atoms with Gasteiger partial charge in [-0.3, -0.25) is 9.36 Å². The van der Waals surface area contributed by atoms with Crippen LogP contribution < -0.4 is 16.3 Å². The van der Waals surface area contributed by atoms with Crippen molar-refractivity contribution in [3.63, 3.8) is 0 Å². The lowest BCUT2D eigenvalue weighted by Crippen LogP contribution is -2.40. The molecule has 366 valence electrons. The van der Waals surface area contributed by atoms with Crippen molar-refractivity contribution in [2.24, 2.45) is 0 Å². The van der Waals surface area contributed by atoms with Crippen LogP contribution in [0.2, 0.25) is 5.28 Å². The number of halogens is 5. The zero-order valence-electron chi connectivity index (χ0n) is 36.9. The highest BCUT2D eigenvalue weighted by atomic mass is 79.9. The lowest BCUT2D eigenvalue weighted by Gasteiger charge is -2.13. The molecule has 3 heterocycles. The number of rotatable bonds is 13. The number of esters is 5. The molecule has 0 bridgehead atoms. The highest BCUT2D eigenvalue weighted by molar-refractivity contribution is 8.93. The summed E-state index contributed by atoms with van der Waals surface area (Å²) in [4.78, 5) is 88.4. The Hall–Kier alpha value is -4.31. The van der Waals surface area contributed by atoms with Crippen molar-refractivity contribution in [2.45, 2.75) is 74.7 Å². The standard InChI is InChI=1S/C8H14O3.C7H7ClN2O2.C7H10N2O3.C7H8N2O3.C6H12O2.C2H6O.BrH.Cl3OP/c1-4-7(6-10-3)8(9)11-5-2;1-2-12-6(11)5-3-9-7(8)10-4-5;2*1-2-12-6(10)5-3-8-7(11)9-4-5;1-3-5-6(7)8-4-2;1-2-3;;1-5(2,3)4/h6H,4-5H2,1-3H3;3-4H,2H2,1H3;3H,2,4H2,1H3,(H2,8,9,11);3-4H,2H2,1H3,(H,8,9,11);3-5H2,1-2H3;3H,2H2,1H3;1H;/b7-6-;;;;;;;. The number of nitrogens with zero attached hydrogens (tertiary/aromatic N) is 3. The first kappa shape index (κ1) is 68.7. The number of carbonyl (C=O) groups excluding carboxylic acids is 6. The van der Waals surface area contributed by atoms with E-state index in [1.165, 1.54) is 44.4 Å². The molecule has 21 nitrogen and oxygen atoms in total. The van der Waals surface area contributed by atoms with E-state index in [9.17, 15) is 38.1 Å². The number of ether oxygens (including phenoxy) is 6. The molecule has 4 N–H and O–H groups in total. The van der Waals surface area contributed by atoms with Gasteiger partial charge in [0.05, 0.1) is 75.2 Å². The van der Waals surface area contributed by atoms with Crippen LogP contribution in [0.5, 0.6) is 0 Å². The number of aliphatic hydroxyl groups excluding tert-OH is 1. The molecule has 0 atom stereocenters. The normalized spacial score (nSPS) is 10.7. The number of methoxy groups -OCH3 is 1. The van der Waals surface area contributed by atoms with Gasteiger partial charge < -0.3 is 49.1 Å². The van der Waals surface area contributed by atoms with Crippen molar-refractivity contribution in [1.82, 2.24) is 30.6 Å². The Morgan fingerprint density at radius 1 is 0.766 bits per heavy atom. The Labute approximate surface area is 402 Å². The predicted molar refractivity (Wildman–Crippen MR) is 247 cm³/mol. The van der Waals surface area contributed by atoms with E-state index in [0.29, 0.717) is 62.6 Å². The number of urea groups is 1. The number of hydrogen-bond acceptors (Lipinski definition) is 18. The number of carbonyl (C=O) groups is 6. The lowest BCUT2D eigenvalue weighted by molar-refractivity contribution is -0.143. The summed E-state index contributed by atoms with van der Waals surface area (Å²) in [6.07, 6.45) is 9.93. The lowest BCUT2D eigenvalue weighted by atomic mass is 10.2. The molecule has 0 aliphatic carbocycles. The zero-order valence-corrected chi connectivity index (χ0v) is 42.5. The van der Waals surface area contributed by atoms with E-state index >= 15 is 0 Å². The Morgan fingerprint density at radius 3 is 1.59 bits per heavy atom. The third-order valence-electron chi connectivity index (χ3n) is 5.61. The third kappa shape index (κ3) is 44.3. The molecule has 0 saturated heterocycles. The van der Waals surface area contributed by atoms with Crippen molar-refractivity contribution >= 4 is 103 Å². The van der Waals surface area contributed by atoms with Gasteiger partial charge in [0.25, 0.3) is 0 Å². The summed E-state index contributed by atoms with van der Waals surface area (Å²) in [5.41, 5.74) is 1.06. The Kier molecular flexibility index (Phi) is 48.6. The molecule has 0 fully saturated rings. The summed E-state index contributed by atoms with van der Waals surface area (Å²) in [6.45, 7) is 16.6.